The quantitative estimate of drug-likeness (QED) is 0.353. The molecule has 6 nitrogen and oxygen atoms in total. The molecule has 1 atom stereocenters. The first-order chi connectivity index (χ1) is 17.3. The van der Waals surface area contributed by atoms with Crippen molar-refractivity contribution in [3.63, 3.8) is 0 Å². The van der Waals surface area contributed by atoms with E-state index in [9.17, 15) is 14.7 Å². The van der Waals surface area contributed by atoms with Crippen LogP contribution < -0.4 is 5.32 Å². The molecule has 1 aromatic heterocycles. The number of hydrogen-bond donors (Lipinski definition) is 2. The molecule has 1 aliphatic carbocycles. The minimum atomic E-state index is -1.07. The van der Waals surface area contributed by atoms with Crippen molar-refractivity contribution in [1.82, 2.24) is 9.88 Å². The van der Waals surface area contributed by atoms with E-state index in [0.717, 1.165) is 33.3 Å². The number of amides is 1. The highest BCUT2D eigenvalue weighted by molar-refractivity contribution is 5.86. The van der Waals surface area contributed by atoms with Crippen LogP contribution in [0.2, 0.25) is 0 Å². The van der Waals surface area contributed by atoms with Gasteiger partial charge in [0.1, 0.15) is 12.6 Å². The van der Waals surface area contributed by atoms with E-state index in [-0.39, 0.29) is 18.9 Å². The Labute approximate surface area is 210 Å². The van der Waals surface area contributed by atoms with E-state index in [1.165, 1.54) is 16.6 Å². The van der Waals surface area contributed by atoms with Crippen LogP contribution >= 0.6 is 0 Å². The van der Waals surface area contributed by atoms with Crippen LogP contribution in [0, 0.1) is 13.8 Å². The highest BCUT2D eigenvalue weighted by atomic mass is 16.5. The molecule has 0 spiro atoms. The van der Waals surface area contributed by atoms with Gasteiger partial charge in [0.25, 0.3) is 0 Å². The van der Waals surface area contributed by atoms with Crippen LogP contribution in [0.4, 0.5) is 4.79 Å². The molecule has 4 aromatic rings. The number of ether oxygens (including phenoxy) is 1. The maximum atomic E-state index is 12.6. The molecule has 184 valence electrons. The maximum absolute atomic E-state index is 12.6. The van der Waals surface area contributed by atoms with Crippen molar-refractivity contribution in [2.45, 2.75) is 38.6 Å². The summed E-state index contributed by atoms with van der Waals surface area (Å²) >= 11 is 0. The maximum Gasteiger partial charge on any atom is 0.407 e. The van der Waals surface area contributed by atoms with Gasteiger partial charge in [0.2, 0.25) is 0 Å². The predicted octanol–water partition coefficient (Wildman–Crippen LogP) is 5.72. The first-order valence-electron chi connectivity index (χ1n) is 12.2. The van der Waals surface area contributed by atoms with Crippen LogP contribution in [0.15, 0.2) is 66.7 Å². The fraction of sp³-hybridized carbons (Fsp3) is 0.267. The molecule has 0 aliphatic heterocycles. The van der Waals surface area contributed by atoms with E-state index in [2.05, 4.69) is 48.0 Å². The number of nitrogens with one attached hydrogen (secondary N) is 1. The lowest BCUT2D eigenvalue weighted by molar-refractivity contribution is -0.139. The lowest BCUT2D eigenvalue weighted by Crippen LogP contribution is -2.41. The number of alkyl carbamates (subject to hydrolysis) is 1. The molecule has 36 heavy (non-hydrogen) atoms. The van der Waals surface area contributed by atoms with Crippen molar-refractivity contribution in [3.8, 4) is 11.1 Å². The van der Waals surface area contributed by atoms with Gasteiger partial charge >= 0.3 is 12.1 Å². The van der Waals surface area contributed by atoms with Crippen molar-refractivity contribution < 1.29 is 19.4 Å². The van der Waals surface area contributed by atoms with Gasteiger partial charge in [-0.25, -0.2) is 9.59 Å². The van der Waals surface area contributed by atoms with E-state index in [1.54, 1.807) is 0 Å². The van der Waals surface area contributed by atoms with Crippen molar-refractivity contribution in [2.75, 3.05) is 6.61 Å². The zero-order chi connectivity index (χ0) is 25.4. The number of hydrogen-bond acceptors (Lipinski definition) is 3. The van der Waals surface area contributed by atoms with Gasteiger partial charge < -0.3 is 19.7 Å². The van der Waals surface area contributed by atoms with E-state index in [1.807, 2.05) is 49.5 Å². The largest absolute Gasteiger partial charge is 0.480 e. The Balaban J connectivity index is 1.23. The number of carbonyl (C=O) groups is 2. The van der Waals surface area contributed by atoms with E-state index >= 15 is 0 Å². The average Bonchev–Trinajstić information content (AvgIpc) is 3.32. The van der Waals surface area contributed by atoms with Crippen LogP contribution in [-0.2, 0) is 23.0 Å². The Bertz CT molecular complexity index is 1420. The molecule has 5 rings (SSSR count). The van der Waals surface area contributed by atoms with Gasteiger partial charge in [-0.2, -0.15) is 0 Å². The summed E-state index contributed by atoms with van der Waals surface area (Å²) in [5.74, 6) is -1.15. The van der Waals surface area contributed by atoms with Crippen LogP contribution in [0.25, 0.3) is 22.0 Å². The van der Waals surface area contributed by atoms with E-state index < -0.39 is 18.1 Å². The Morgan fingerprint density at radius 3 is 2.28 bits per heavy atom. The normalized spacial score (nSPS) is 13.3. The van der Waals surface area contributed by atoms with Crippen molar-refractivity contribution in [3.05, 3.63) is 94.7 Å². The third-order valence-electron chi connectivity index (χ3n) is 7.53. The molecular weight excluding hydrogens is 452 g/mol. The lowest BCUT2D eigenvalue weighted by atomic mass is 9.98. The Morgan fingerprint density at radius 1 is 1.00 bits per heavy atom. The summed E-state index contributed by atoms with van der Waals surface area (Å²) in [6.45, 7) is 4.35. The number of aromatic nitrogens is 1. The fourth-order valence-corrected chi connectivity index (χ4v) is 5.31. The number of fused-ring (bicyclic) bond motifs is 4. The Kier molecular flexibility index (Phi) is 6.27. The van der Waals surface area contributed by atoms with Crippen molar-refractivity contribution in [2.24, 2.45) is 7.05 Å². The molecule has 3 aromatic carbocycles. The number of carboxylic acid groups (broad SMARTS) is 1. The summed E-state index contributed by atoms with van der Waals surface area (Å²) in [5.41, 5.74) is 9.13. The van der Waals surface area contributed by atoms with Crippen LogP contribution in [0.1, 0.15) is 40.3 Å². The number of carboxylic acids is 1. The van der Waals surface area contributed by atoms with Gasteiger partial charge in [0.15, 0.2) is 0 Å². The Hall–Kier alpha value is -4.06. The minimum Gasteiger partial charge on any atom is -0.480 e. The van der Waals surface area contributed by atoms with E-state index in [4.69, 9.17) is 4.74 Å². The lowest BCUT2D eigenvalue weighted by Gasteiger charge is -2.17. The van der Waals surface area contributed by atoms with Gasteiger partial charge in [0, 0.05) is 29.6 Å². The first kappa shape index (κ1) is 23.7. The number of aliphatic carboxylic acids is 1. The SMILES string of the molecule is Cc1c(C)n(C)c2cc(CC[C@H](NC(=O)OCC3c4ccccc4-c4ccccc43)C(=O)O)ccc12. The number of benzene rings is 3. The highest BCUT2D eigenvalue weighted by Crippen LogP contribution is 2.44. The smallest absolute Gasteiger partial charge is 0.407 e. The second-order valence-corrected chi connectivity index (χ2v) is 9.52. The van der Waals surface area contributed by atoms with Gasteiger partial charge in [-0.1, -0.05) is 60.7 Å². The minimum absolute atomic E-state index is 0.0737. The van der Waals surface area contributed by atoms with Crippen molar-refractivity contribution in [1.29, 1.82) is 0 Å². The molecule has 0 unspecified atom stereocenters. The summed E-state index contributed by atoms with van der Waals surface area (Å²) < 4.78 is 7.70. The van der Waals surface area contributed by atoms with Gasteiger partial charge in [-0.05, 0) is 66.1 Å². The zero-order valence-corrected chi connectivity index (χ0v) is 20.7. The summed E-state index contributed by atoms with van der Waals surface area (Å²) in [4.78, 5) is 24.5. The summed E-state index contributed by atoms with van der Waals surface area (Å²) in [6.07, 6.45) is 0.0844. The summed E-state index contributed by atoms with van der Waals surface area (Å²) in [5, 5.41) is 13.5. The van der Waals surface area contributed by atoms with Gasteiger partial charge in [-0.3, -0.25) is 0 Å². The van der Waals surface area contributed by atoms with Crippen molar-refractivity contribution >= 4 is 23.0 Å². The number of aryl methyl sites for hydroxylation is 3. The van der Waals surface area contributed by atoms with Crippen LogP contribution in [-0.4, -0.2) is 34.4 Å². The Morgan fingerprint density at radius 2 is 1.64 bits per heavy atom. The molecule has 0 radical (unpaired) electrons. The summed E-state index contributed by atoms with van der Waals surface area (Å²) in [7, 11) is 2.03. The molecular formula is C30H30N2O4. The second-order valence-electron chi connectivity index (χ2n) is 9.52. The molecule has 0 fully saturated rings. The monoisotopic (exact) mass is 482 g/mol. The number of carbonyl (C=O) groups excluding carboxylic acids is 1. The highest BCUT2D eigenvalue weighted by Gasteiger charge is 2.29. The first-order valence-corrected chi connectivity index (χ1v) is 12.2. The third kappa shape index (κ3) is 4.24. The van der Waals surface area contributed by atoms with Crippen LogP contribution in [0.5, 0.6) is 0 Å². The second kappa shape index (κ2) is 9.53. The average molecular weight is 483 g/mol. The molecule has 0 bridgehead atoms. The molecule has 2 N–H and O–H groups in total. The number of nitrogens with zero attached hydrogens (tertiary/aromatic N) is 1. The molecule has 1 heterocycles. The summed E-state index contributed by atoms with van der Waals surface area (Å²) in [6, 6.07) is 21.4. The third-order valence-corrected chi connectivity index (χ3v) is 7.53. The van der Waals surface area contributed by atoms with Crippen LogP contribution in [0.3, 0.4) is 0 Å². The van der Waals surface area contributed by atoms with E-state index in [0.29, 0.717) is 6.42 Å². The zero-order valence-electron chi connectivity index (χ0n) is 20.7. The molecule has 1 amide bonds. The topological polar surface area (TPSA) is 80.6 Å². The predicted molar refractivity (Wildman–Crippen MR) is 140 cm³/mol. The standard InChI is InChI=1S/C30H30N2O4/c1-18-19(2)32(3)28-16-20(12-14-21(18)28)13-15-27(29(33)34)31-30(35)36-17-26-24-10-6-4-8-22(24)23-9-5-7-11-25(23)26/h4-12,14,16,26-27H,13,15,17H2,1-3H3,(H,31,35)(H,33,34)/t27-/m0/s1. The number of rotatable bonds is 7. The molecule has 6 heteroatoms. The van der Waals surface area contributed by atoms with Gasteiger partial charge in [0.05, 0.1) is 0 Å². The fourth-order valence-electron chi connectivity index (χ4n) is 5.31. The molecule has 0 saturated carbocycles. The molecule has 1 aliphatic rings. The molecule has 0 saturated heterocycles. The van der Waals surface area contributed by atoms with Gasteiger partial charge in [-0.15, -0.1) is 0 Å².